The molecule has 0 aliphatic rings. The van der Waals surface area contributed by atoms with E-state index in [1.54, 1.807) is 67.9 Å². The number of hydrogen-bond acceptors (Lipinski definition) is 8. The molecule has 0 aliphatic carbocycles. The lowest BCUT2D eigenvalue weighted by Gasteiger charge is -2.01. The van der Waals surface area contributed by atoms with Gasteiger partial charge in [0.15, 0.2) is 0 Å². The summed E-state index contributed by atoms with van der Waals surface area (Å²) in [6.07, 6.45) is 15.9. The summed E-state index contributed by atoms with van der Waals surface area (Å²) in [5.74, 6) is 0. The third-order valence-electron chi connectivity index (χ3n) is 5.79. The molecule has 0 amide bonds. The zero-order valence-corrected chi connectivity index (χ0v) is 24.1. The molecule has 3 aromatic carbocycles. The van der Waals surface area contributed by atoms with Gasteiger partial charge in [-0.2, -0.15) is 0 Å². The summed E-state index contributed by atoms with van der Waals surface area (Å²) in [6.45, 7) is 0.0497. The van der Waals surface area contributed by atoms with Crippen molar-refractivity contribution in [3.8, 4) is 33.8 Å². The molecule has 3 heterocycles. The van der Waals surface area contributed by atoms with Crippen molar-refractivity contribution in [2.75, 3.05) is 0 Å². The lowest BCUT2D eigenvalue weighted by atomic mass is 10.1. The number of aldehydes is 1. The lowest BCUT2D eigenvalue weighted by molar-refractivity contribution is 0.112. The monoisotopic (exact) mass is 618 g/mol. The van der Waals surface area contributed by atoms with E-state index in [-0.39, 0.29) is 6.61 Å². The van der Waals surface area contributed by atoms with E-state index in [0.717, 1.165) is 51.0 Å². The Labute approximate surface area is 252 Å². The van der Waals surface area contributed by atoms with Crippen LogP contribution in [0.1, 0.15) is 21.5 Å². The molecule has 0 aliphatic heterocycles. The molecule has 0 unspecified atom stereocenters. The maximum absolute atomic E-state index is 10.6. The molecule has 0 saturated carbocycles. The Morgan fingerprint density at radius 3 is 1.48 bits per heavy atom. The van der Waals surface area contributed by atoms with Crippen molar-refractivity contribution in [1.29, 1.82) is 0 Å². The second kappa shape index (κ2) is 16.3. The highest BCUT2D eigenvalue weighted by molar-refractivity contribution is 9.08. The van der Waals surface area contributed by atoms with Crippen molar-refractivity contribution in [2.45, 2.75) is 11.9 Å². The number of nitrogens with zero attached hydrogens (tertiary/aromatic N) is 6. The van der Waals surface area contributed by atoms with E-state index in [1.807, 2.05) is 48.5 Å². The summed E-state index contributed by atoms with van der Waals surface area (Å²) in [6, 6.07) is 23.2. The molecule has 6 aromatic rings. The van der Waals surface area contributed by atoms with Crippen molar-refractivity contribution in [3.05, 3.63) is 145 Å². The van der Waals surface area contributed by atoms with Gasteiger partial charge in [0, 0.05) is 64.8 Å². The molecular formula is C33H27BrN6O2. The van der Waals surface area contributed by atoms with E-state index in [4.69, 9.17) is 5.11 Å². The summed E-state index contributed by atoms with van der Waals surface area (Å²) in [4.78, 5) is 35.1. The minimum Gasteiger partial charge on any atom is -0.392 e. The zero-order valence-electron chi connectivity index (χ0n) is 22.5. The Kier molecular flexibility index (Phi) is 11.6. The van der Waals surface area contributed by atoms with Crippen molar-refractivity contribution >= 4 is 22.2 Å². The first-order valence-electron chi connectivity index (χ1n) is 12.9. The number of aliphatic hydroxyl groups excluding tert-OH is 1. The molecule has 0 spiro atoms. The quantitative estimate of drug-likeness (QED) is 0.163. The van der Waals surface area contributed by atoms with Crippen LogP contribution in [0.5, 0.6) is 0 Å². The Hall–Kier alpha value is -4.99. The van der Waals surface area contributed by atoms with Crippen LogP contribution in [0.4, 0.5) is 0 Å². The average molecular weight is 620 g/mol. The predicted octanol–water partition coefficient (Wildman–Crippen LogP) is 6.63. The molecule has 3 aromatic heterocycles. The number of alkyl halides is 1. The van der Waals surface area contributed by atoms with Gasteiger partial charge in [-0.25, -0.2) is 0 Å². The molecule has 8 nitrogen and oxygen atoms in total. The van der Waals surface area contributed by atoms with Gasteiger partial charge in [0.2, 0.25) is 0 Å². The van der Waals surface area contributed by atoms with Crippen molar-refractivity contribution in [2.24, 2.45) is 0 Å². The van der Waals surface area contributed by atoms with Gasteiger partial charge in [-0.15, -0.1) is 0 Å². The van der Waals surface area contributed by atoms with Crippen LogP contribution in [-0.2, 0) is 11.9 Å². The SMILES string of the molecule is BrCc1cccc(-c2cnccn2)c1.O=Cc1cccc(-c2cnccn2)c1.OCc1cccc(-c2cnccn2)c1. The maximum atomic E-state index is 10.6. The largest absolute Gasteiger partial charge is 0.392 e. The van der Waals surface area contributed by atoms with E-state index >= 15 is 0 Å². The molecule has 9 heteroatoms. The first-order valence-corrected chi connectivity index (χ1v) is 14.0. The van der Waals surface area contributed by atoms with Crippen LogP contribution in [-0.4, -0.2) is 41.3 Å². The molecule has 0 atom stereocenters. The van der Waals surface area contributed by atoms with E-state index in [0.29, 0.717) is 5.56 Å². The van der Waals surface area contributed by atoms with Crippen LogP contribution in [0, 0.1) is 0 Å². The molecule has 42 heavy (non-hydrogen) atoms. The number of hydrogen-bond donors (Lipinski definition) is 1. The number of carbonyl (C=O) groups is 1. The second-order valence-corrected chi connectivity index (χ2v) is 9.27. The summed E-state index contributed by atoms with van der Waals surface area (Å²) in [7, 11) is 0. The van der Waals surface area contributed by atoms with Gasteiger partial charge in [-0.3, -0.25) is 34.7 Å². The molecule has 1 N–H and O–H groups in total. The smallest absolute Gasteiger partial charge is 0.150 e. The van der Waals surface area contributed by atoms with Gasteiger partial charge >= 0.3 is 0 Å². The molecular weight excluding hydrogens is 592 g/mol. The molecule has 6 rings (SSSR count). The summed E-state index contributed by atoms with van der Waals surface area (Å²) < 4.78 is 0. The normalized spacial score (nSPS) is 9.95. The highest BCUT2D eigenvalue weighted by Gasteiger charge is 2.01. The number of benzene rings is 3. The summed E-state index contributed by atoms with van der Waals surface area (Å²) in [5.41, 5.74) is 8.27. The Morgan fingerprint density at radius 2 is 1.05 bits per heavy atom. The fourth-order valence-electron chi connectivity index (χ4n) is 3.76. The highest BCUT2D eigenvalue weighted by Crippen LogP contribution is 2.19. The number of carbonyl (C=O) groups excluding carboxylic acids is 1. The van der Waals surface area contributed by atoms with Gasteiger partial charge in [0.25, 0.3) is 0 Å². The number of halogens is 1. The van der Waals surface area contributed by atoms with Gasteiger partial charge in [0.05, 0.1) is 42.3 Å². The van der Waals surface area contributed by atoms with E-state index in [9.17, 15) is 4.79 Å². The number of aliphatic hydroxyl groups is 1. The van der Waals surface area contributed by atoms with Crippen LogP contribution >= 0.6 is 15.9 Å². The third kappa shape index (κ3) is 9.02. The van der Waals surface area contributed by atoms with E-state index < -0.39 is 0 Å². The molecule has 208 valence electrons. The highest BCUT2D eigenvalue weighted by atomic mass is 79.9. The molecule has 0 saturated heterocycles. The number of aromatic nitrogens is 6. The predicted molar refractivity (Wildman–Crippen MR) is 166 cm³/mol. The van der Waals surface area contributed by atoms with Crippen molar-refractivity contribution in [1.82, 2.24) is 29.9 Å². The van der Waals surface area contributed by atoms with Crippen LogP contribution in [0.25, 0.3) is 33.8 Å². The van der Waals surface area contributed by atoms with E-state index in [1.165, 1.54) is 5.56 Å². The van der Waals surface area contributed by atoms with Gasteiger partial charge in [-0.05, 0) is 29.3 Å². The van der Waals surface area contributed by atoms with Crippen LogP contribution in [0.2, 0.25) is 0 Å². The topological polar surface area (TPSA) is 115 Å². The van der Waals surface area contributed by atoms with Gasteiger partial charge in [0.1, 0.15) is 6.29 Å². The molecule has 0 fully saturated rings. The first-order chi connectivity index (χ1) is 20.7. The molecule has 0 radical (unpaired) electrons. The van der Waals surface area contributed by atoms with Crippen molar-refractivity contribution in [3.63, 3.8) is 0 Å². The standard InChI is InChI=1S/C11H9BrN2.C11H10N2O.C11H8N2O/c12-7-9-2-1-3-10(6-9)11-8-13-4-5-14-11;2*14-8-9-2-1-3-10(6-9)11-7-12-4-5-13-11/h1-6,8H,7H2;1-7,14H,8H2;1-8H. The third-order valence-corrected chi connectivity index (χ3v) is 6.44. The molecule has 0 bridgehead atoms. The second-order valence-electron chi connectivity index (χ2n) is 8.71. The fourth-order valence-corrected chi connectivity index (χ4v) is 4.11. The van der Waals surface area contributed by atoms with Gasteiger partial charge < -0.3 is 5.11 Å². The van der Waals surface area contributed by atoms with Crippen LogP contribution < -0.4 is 0 Å². The first kappa shape index (κ1) is 30.0. The minimum atomic E-state index is 0.0497. The zero-order chi connectivity index (χ0) is 29.4. The number of rotatable bonds is 6. The fraction of sp³-hybridized carbons (Fsp3) is 0.0606. The summed E-state index contributed by atoms with van der Waals surface area (Å²) >= 11 is 3.43. The average Bonchev–Trinajstić information content (AvgIpc) is 3.10. The van der Waals surface area contributed by atoms with Crippen molar-refractivity contribution < 1.29 is 9.90 Å². The van der Waals surface area contributed by atoms with Crippen LogP contribution in [0.15, 0.2) is 129 Å². The summed E-state index contributed by atoms with van der Waals surface area (Å²) in [5, 5.41) is 9.84. The van der Waals surface area contributed by atoms with Gasteiger partial charge in [-0.1, -0.05) is 70.5 Å². The Morgan fingerprint density at radius 1 is 0.595 bits per heavy atom. The lowest BCUT2D eigenvalue weighted by Crippen LogP contribution is -1.87. The maximum Gasteiger partial charge on any atom is 0.150 e. The Balaban J connectivity index is 0.000000145. The minimum absolute atomic E-state index is 0.0497. The Bertz CT molecular complexity index is 1590. The van der Waals surface area contributed by atoms with Crippen LogP contribution in [0.3, 0.4) is 0 Å². The van der Waals surface area contributed by atoms with E-state index in [2.05, 4.69) is 58.0 Å².